The highest BCUT2D eigenvalue weighted by Crippen LogP contribution is 2.28. The van der Waals surface area contributed by atoms with E-state index in [1.54, 1.807) is 12.4 Å². The van der Waals surface area contributed by atoms with Gasteiger partial charge in [-0.2, -0.15) is 20.4 Å². The van der Waals surface area contributed by atoms with Crippen LogP contribution < -0.4 is 0 Å². The Hall–Kier alpha value is -2.88. The number of fused-ring (bicyclic) bond motifs is 2. The molecule has 0 aliphatic rings. The van der Waals surface area contributed by atoms with Crippen LogP contribution >= 0.6 is 0 Å². The molecule has 4 rings (SSSR count). The fourth-order valence-electron chi connectivity index (χ4n) is 2.39. The molecule has 94 valence electrons. The average Bonchev–Trinajstić information content (AvgIpc) is 2.54. The van der Waals surface area contributed by atoms with E-state index in [0.717, 1.165) is 32.9 Å². The van der Waals surface area contributed by atoms with Gasteiger partial charge in [-0.05, 0) is 29.8 Å². The molecule has 0 atom stereocenters. The molecule has 0 N–H and O–H groups in total. The number of benzene rings is 2. The van der Waals surface area contributed by atoms with Gasteiger partial charge in [0.05, 0.1) is 23.4 Å². The lowest BCUT2D eigenvalue weighted by molar-refractivity contribution is 1.07. The Kier molecular flexibility index (Phi) is 2.39. The van der Waals surface area contributed by atoms with E-state index in [-0.39, 0.29) is 0 Å². The highest BCUT2D eigenvalue weighted by atomic mass is 15.1. The molecule has 2 aromatic heterocycles. The highest BCUT2D eigenvalue weighted by Gasteiger charge is 2.06. The van der Waals surface area contributed by atoms with Crippen molar-refractivity contribution in [3.63, 3.8) is 0 Å². The minimum absolute atomic E-state index is 0.891. The van der Waals surface area contributed by atoms with E-state index >= 15 is 0 Å². The van der Waals surface area contributed by atoms with Crippen LogP contribution in [0.4, 0.5) is 0 Å². The van der Waals surface area contributed by atoms with Crippen LogP contribution in [-0.2, 0) is 0 Å². The second-order valence-electron chi connectivity index (χ2n) is 4.58. The van der Waals surface area contributed by atoms with Crippen molar-refractivity contribution in [3.8, 4) is 11.1 Å². The third-order valence-electron chi connectivity index (χ3n) is 3.37. The molecule has 4 aromatic rings. The molecule has 0 amide bonds. The largest absolute Gasteiger partial charge is 0.159 e. The number of hydrogen-bond acceptors (Lipinski definition) is 4. The van der Waals surface area contributed by atoms with E-state index in [1.165, 1.54) is 0 Å². The van der Waals surface area contributed by atoms with Crippen LogP contribution in [0, 0.1) is 0 Å². The van der Waals surface area contributed by atoms with Crippen LogP contribution in [0.5, 0.6) is 0 Å². The molecule has 0 saturated heterocycles. The summed E-state index contributed by atoms with van der Waals surface area (Å²) < 4.78 is 0. The van der Waals surface area contributed by atoms with Gasteiger partial charge < -0.3 is 0 Å². The predicted molar refractivity (Wildman–Crippen MR) is 78.1 cm³/mol. The van der Waals surface area contributed by atoms with Gasteiger partial charge in [0.15, 0.2) is 0 Å². The average molecular weight is 258 g/mol. The minimum Gasteiger partial charge on any atom is -0.159 e. The van der Waals surface area contributed by atoms with Crippen LogP contribution in [0.3, 0.4) is 0 Å². The molecular weight excluding hydrogens is 248 g/mol. The van der Waals surface area contributed by atoms with Gasteiger partial charge in [0.1, 0.15) is 0 Å². The Morgan fingerprint density at radius 3 is 2.65 bits per heavy atom. The van der Waals surface area contributed by atoms with Crippen molar-refractivity contribution >= 4 is 21.8 Å². The Morgan fingerprint density at radius 2 is 1.65 bits per heavy atom. The van der Waals surface area contributed by atoms with E-state index in [2.05, 4.69) is 32.5 Å². The van der Waals surface area contributed by atoms with Crippen molar-refractivity contribution in [1.29, 1.82) is 0 Å². The summed E-state index contributed by atoms with van der Waals surface area (Å²) in [6, 6.07) is 16.1. The second kappa shape index (κ2) is 4.35. The molecular formula is C16H10N4. The maximum Gasteiger partial charge on any atom is 0.0935 e. The molecule has 2 heterocycles. The van der Waals surface area contributed by atoms with Crippen LogP contribution in [0.15, 0.2) is 60.9 Å². The van der Waals surface area contributed by atoms with Gasteiger partial charge in [0.2, 0.25) is 0 Å². The van der Waals surface area contributed by atoms with Crippen LogP contribution in [0.1, 0.15) is 0 Å². The van der Waals surface area contributed by atoms with Crippen LogP contribution in [0.2, 0.25) is 0 Å². The summed E-state index contributed by atoms with van der Waals surface area (Å²) in [4.78, 5) is 0. The summed E-state index contributed by atoms with van der Waals surface area (Å²) in [5.41, 5.74) is 3.98. The molecule has 2 aromatic carbocycles. The molecule has 4 heteroatoms. The quantitative estimate of drug-likeness (QED) is 0.526. The van der Waals surface area contributed by atoms with Crippen molar-refractivity contribution in [2.75, 3.05) is 0 Å². The maximum absolute atomic E-state index is 4.16. The van der Waals surface area contributed by atoms with E-state index in [4.69, 9.17) is 0 Å². The van der Waals surface area contributed by atoms with Crippen LogP contribution in [-0.4, -0.2) is 20.4 Å². The lowest BCUT2D eigenvalue weighted by Crippen LogP contribution is -1.89. The molecule has 0 spiro atoms. The standard InChI is InChI=1S/C16H10N4/c1-2-4-16-13(3-1)14(10-18-20-16)11-5-6-15-12(9-11)7-8-17-19-15/h1-10H. The van der Waals surface area contributed by atoms with E-state index in [0.29, 0.717) is 0 Å². The highest BCUT2D eigenvalue weighted by molar-refractivity contribution is 5.96. The van der Waals surface area contributed by atoms with Gasteiger partial charge in [0, 0.05) is 16.3 Å². The molecule has 0 bridgehead atoms. The van der Waals surface area contributed by atoms with E-state index in [1.807, 2.05) is 36.4 Å². The Bertz CT molecular complexity index is 913. The summed E-state index contributed by atoms with van der Waals surface area (Å²) in [6.45, 7) is 0. The van der Waals surface area contributed by atoms with Gasteiger partial charge in [-0.1, -0.05) is 24.3 Å². The first kappa shape index (κ1) is 11.0. The van der Waals surface area contributed by atoms with Gasteiger partial charge in [0.25, 0.3) is 0 Å². The Morgan fingerprint density at radius 1 is 0.750 bits per heavy atom. The first-order valence-electron chi connectivity index (χ1n) is 6.34. The summed E-state index contributed by atoms with van der Waals surface area (Å²) in [5, 5.41) is 18.4. The normalized spacial score (nSPS) is 11.0. The van der Waals surface area contributed by atoms with Gasteiger partial charge in [-0.3, -0.25) is 0 Å². The molecule has 0 saturated carbocycles. The lowest BCUT2D eigenvalue weighted by atomic mass is 10.0. The first-order chi connectivity index (χ1) is 9.92. The Balaban J connectivity index is 2.01. The number of aromatic nitrogens is 4. The zero-order valence-electron chi connectivity index (χ0n) is 10.6. The maximum atomic E-state index is 4.16. The van der Waals surface area contributed by atoms with Crippen molar-refractivity contribution in [2.24, 2.45) is 0 Å². The second-order valence-corrected chi connectivity index (χ2v) is 4.58. The summed E-state index contributed by atoms with van der Waals surface area (Å²) >= 11 is 0. The third kappa shape index (κ3) is 1.70. The SMILES string of the molecule is c1ccc2c(-c3ccc4nnccc4c3)cnnc2c1. The molecule has 20 heavy (non-hydrogen) atoms. The summed E-state index contributed by atoms with van der Waals surface area (Å²) in [6.07, 6.45) is 3.51. The van der Waals surface area contributed by atoms with Crippen molar-refractivity contribution in [1.82, 2.24) is 20.4 Å². The fourth-order valence-corrected chi connectivity index (χ4v) is 2.39. The zero-order chi connectivity index (χ0) is 13.4. The number of nitrogens with zero attached hydrogens (tertiary/aromatic N) is 4. The molecule has 4 nitrogen and oxygen atoms in total. The van der Waals surface area contributed by atoms with Gasteiger partial charge in [-0.25, -0.2) is 0 Å². The molecule has 0 aliphatic heterocycles. The molecule has 0 aliphatic carbocycles. The monoisotopic (exact) mass is 258 g/mol. The van der Waals surface area contributed by atoms with Crippen molar-refractivity contribution < 1.29 is 0 Å². The molecule has 0 radical (unpaired) electrons. The third-order valence-corrected chi connectivity index (χ3v) is 3.37. The first-order valence-corrected chi connectivity index (χ1v) is 6.34. The van der Waals surface area contributed by atoms with Gasteiger partial charge >= 0.3 is 0 Å². The van der Waals surface area contributed by atoms with Gasteiger partial charge in [-0.15, -0.1) is 0 Å². The molecule has 0 fully saturated rings. The van der Waals surface area contributed by atoms with Crippen LogP contribution in [0.25, 0.3) is 32.9 Å². The zero-order valence-corrected chi connectivity index (χ0v) is 10.6. The van der Waals surface area contributed by atoms with Crippen molar-refractivity contribution in [3.05, 3.63) is 60.9 Å². The number of rotatable bonds is 1. The smallest absolute Gasteiger partial charge is 0.0935 e. The fraction of sp³-hybridized carbons (Fsp3) is 0. The summed E-state index contributed by atoms with van der Waals surface area (Å²) in [5.74, 6) is 0. The topological polar surface area (TPSA) is 51.6 Å². The lowest BCUT2D eigenvalue weighted by Gasteiger charge is -2.06. The van der Waals surface area contributed by atoms with E-state index in [9.17, 15) is 0 Å². The predicted octanol–water partition coefficient (Wildman–Crippen LogP) is 3.24. The van der Waals surface area contributed by atoms with E-state index < -0.39 is 0 Å². The number of hydrogen-bond donors (Lipinski definition) is 0. The summed E-state index contributed by atoms with van der Waals surface area (Å²) in [7, 11) is 0. The molecule has 0 unspecified atom stereocenters. The minimum atomic E-state index is 0.891. The van der Waals surface area contributed by atoms with Crippen molar-refractivity contribution in [2.45, 2.75) is 0 Å². The Labute approximate surface area is 115 Å².